The minimum absolute atomic E-state index is 0.0925. The van der Waals surface area contributed by atoms with E-state index in [9.17, 15) is 4.79 Å². The first-order valence-electron chi connectivity index (χ1n) is 6.83. The second kappa shape index (κ2) is 4.99. The van der Waals surface area contributed by atoms with E-state index in [1.165, 1.54) is 12.8 Å². The fourth-order valence-electron chi connectivity index (χ4n) is 2.60. The molecule has 5 nitrogen and oxygen atoms in total. The highest BCUT2D eigenvalue weighted by atomic mass is 16.2. The maximum atomic E-state index is 12.1. The van der Waals surface area contributed by atoms with Gasteiger partial charge in [-0.15, -0.1) is 0 Å². The third-order valence-electron chi connectivity index (χ3n) is 3.82. The number of carbonyl (C=O) groups is 1. The van der Waals surface area contributed by atoms with Crippen molar-refractivity contribution in [1.29, 1.82) is 0 Å². The molecular formula is C14H18N4O. The van der Waals surface area contributed by atoms with Gasteiger partial charge in [0.15, 0.2) is 0 Å². The van der Waals surface area contributed by atoms with Gasteiger partial charge >= 0.3 is 0 Å². The quantitative estimate of drug-likeness (QED) is 0.896. The Hall–Kier alpha value is -1.91. The molecule has 2 aromatic rings. The van der Waals surface area contributed by atoms with Gasteiger partial charge in [-0.25, -0.2) is 9.97 Å². The molecule has 3 rings (SSSR count). The second-order valence-electron chi connectivity index (χ2n) is 5.38. The number of fused-ring (bicyclic) bond motifs is 1. The predicted molar refractivity (Wildman–Crippen MR) is 71.9 cm³/mol. The minimum Gasteiger partial charge on any atom is -0.348 e. The number of carbonyl (C=O) groups excluding carboxylic acids is 1. The molecule has 0 bridgehead atoms. The first-order valence-corrected chi connectivity index (χ1v) is 6.83. The Bertz CT molecular complexity index is 551. The van der Waals surface area contributed by atoms with Gasteiger partial charge in [0, 0.05) is 24.6 Å². The molecule has 1 aliphatic rings. The molecule has 0 aromatic carbocycles. The summed E-state index contributed by atoms with van der Waals surface area (Å²) in [7, 11) is 0. The molecule has 1 amide bonds. The molecule has 2 heterocycles. The molecular weight excluding hydrogens is 240 g/mol. The van der Waals surface area contributed by atoms with Gasteiger partial charge in [0.25, 0.3) is 5.91 Å². The fourth-order valence-corrected chi connectivity index (χ4v) is 2.60. The van der Waals surface area contributed by atoms with E-state index in [1.54, 1.807) is 16.8 Å². The molecule has 0 radical (unpaired) electrons. The number of rotatable bonds is 2. The standard InChI is InChI=1S/C14H18N4O/c1-10-3-5-11(6-4-10)16-13(19)12-9-18-8-2-7-15-14(18)17-12/h2,7-11H,3-6H2,1H3,(H,16,19)/t10-,11-. The van der Waals surface area contributed by atoms with E-state index in [1.807, 2.05) is 12.3 Å². The summed E-state index contributed by atoms with van der Waals surface area (Å²) in [5.41, 5.74) is 0.442. The van der Waals surface area contributed by atoms with Crippen LogP contribution in [0.3, 0.4) is 0 Å². The van der Waals surface area contributed by atoms with Gasteiger partial charge < -0.3 is 5.32 Å². The number of amides is 1. The highest BCUT2D eigenvalue weighted by Crippen LogP contribution is 2.23. The zero-order chi connectivity index (χ0) is 13.2. The molecule has 0 atom stereocenters. The van der Waals surface area contributed by atoms with Crippen LogP contribution in [0.1, 0.15) is 43.1 Å². The van der Waals surface area contributed by atoms with Gasteiger partial charge in [0.05, 0.1) is 0 Å². The van der Waals surface area contributed by atoms with Gasteiger partial charge in [0.2, 0.25) is 5.78 Å². The maximum absolute atomic E-state index is 12.1. The van der Waals surface area contributed by atoms with E-state index in [-0.39, 0.29) is 5.91 Å². The second-order valence-corrected chi connectivity index (χ2v) is 5.38. The first-order chi connectivity index (χ1) is 9.22. The molecule has 2 aromatic heterocycles. The van der Waals surface area contributed by atoms with Crippen molar-refractivity contribution in [1.82, 2.24) is 19.7 Å². The van der Waals surface area contributed by atoms with E-state index in [0.717, 1.165) is 18.8 Å². The topological polar surface area (TPSA) is 59.3 Å². The van der Waals surface area contributed by atoms with Crippen LogP contribution >= 0.6 is 0 Å². The van der Waals surface area contributed by atoms with Gasteiger partial charge in [0.1, 0.15) is 5.69 Å². The molecule has 0 unspecified atom stereocenters. The van der Waals surface area contributed by atoms with Crippen LogP contribution in [0.2, 0.25) is 0 Å². The molecule has 19 heavy (non-hydrogen) atoms. The van der Waals surface area contributed by atoms with Gasteiger partial charge in [-0.1, -0.05) is 6.92 Å². The van der Waals surface area contributed by atoms with Crippen LogP contribution in [0.5, 0.6) is 0 Å². The van der Waals surface area contributed by atoms with Crippen molar-refractivity contribution in [2.75, 3.05) is 0 Å². The number of aromatic nitrogens is 3. The average molecular weight is 258 g/mol. The normalized spacial score (nSPS) is 23.4. The Morgan fingerprint density at radius 2 is 2.16 bits per heavy atom. The number of imidazole rings is 1. The largest absolute Gasteiger partial charge is 0.348 e. The number of nitrogens with one attached hydrogen (secondary N) is 1. The summed E-state index contributed by atoms with van der Waals surface area (Å²) in [6, 6.07) is 2.11. The summed E-state index contributed by atoms with van der Waals surface area (Å²) in [5.74, 6) is 1.25. The Kier molecular flexibility index (Phi) is 3.19. The molecule has 5 heteroatoms. The lowest BCUT2D eigenvalue weighted by atomic mass is 9.87. The molecule has 1 fully saturated rings. The van der Waals surface area contributed by atoms with Gasteiger partial charge in [-0.05, 0) is 37.7 Å². The van der Waals surface area contributed by atoms with E-state index < -0.39 is 0 Å². The van der Waals surface area contributed by atoms with E-state index >= 15 is 0 Å². The molecule has 1 N–H and O–H groups in total. The van der Waals surface area contributed by atoms with Crippen molar-refractivity contribution in [3.63, 3.8) is 0 Å². The molecule has 0 spiro atoms. The van der Waals surface area contributed by atoms with E-state index in [4.69, 9.17) is 0 Å². The van der Waals surface area contributed by atoms with Crippen LogP contribution < -0.4 is 5.32 Å². The Balaban J connectivity index is 1.70. The van der Waals surface area contributed by atoms with Crippen LogP contribution in [-0.4, -0.2) is 26.3 Å². The lowest BCUT2D eigenvalue weighted by Crippen LogP contribution is -2.37. The smallest absolute Gasteiger partial charge is 0.271 e. The van der Waals surface area contributed by atoms with Crippen molar-refractivity contribution in [3.8, 4) is 0 Å². The van der Waals surface area contributed by atoms with E-state index in [2.05, 4.69) is 22.2 Å². The number of hydrogen-bond acceptors (Lipinski definition) is 3. The highest BCUT2D eigenvalue weighted by molar-refractivity contribution is 5.92. The molecule has 1 saturated carbocycles. The van der Waals surface area contributed by atoms with Gasteiger partial charge in [-0.3, -0.25) is 9.20 Å². The predicted octanol–water partition coefficient (Wildman–Crippen LogP) is 2.04. The van der Waals surface area contributed by atoms with Crippen molar-refractivity contribution in [3.05, 3.63) is 30.4 Å². The van der Waals surface area contributed by atoms with Crippen molar-refractivity contribution in [2.24, 2.45) is 5.92 Å². The summed E-state index contributed by atoms with van der Waals surface area (Å²) < 4.78 is 1.76. The Labute approximate surface area is 112 Å². The maximum Gasteiger partial charge on any atom is 0.271 e. The summed E-state index contributed by atoms with van der Waals surface area (Å²) in [5, 5.41) is 3.07. The molecule has 0 aliphatic heterocycles. The van der Waals surface area contributed by atoms with Crippen LogP contribution in [0, 0.1) is 5.92 Å². The third kappa shape index (κ3) is 2.59. The zero-order valence-electron chi connectivity index (χ0n) is 11.0. The minimum atomic E-state index is -0.0925. The fraction of sp³-hybridized carbons (Fsp3) is 0.500. The van der Waals surface area contributed by atoms with Crippen molar-refractivity contribution in [2.45, 2.75) is 38.6 Å². The van der Waals surface area contributed by atoms with Crippen molar-refractivity contribution >= 4 is 11.7 Å². The molecule has 100 valence electrons. The summed E-state index contributed by atoms with van der Waals surface area (Å²) in [6.45, 7) is 2.27. The average Bonchev–Trinajstić information content (AvgIpc) is 2.85. The van der Waals surface area contributed by atoms with Crippen LogP contribution in [0.25, 0.3) is 5.78 Å². The highest BCUT2D eigenvalue weighted by Gasteiger charge is 2.21. The molecule has 0 saturated heterocycles. The third-order valence-corrected chi connectivity index (χ3v) is 3.82. The van der Waals surface area contributed by atoms with E-state index in [0.29, 0.717) is 17.5 Å². The summed E-state index contributed by atoms with van der Waals surface area (Å²) in [4.78, 5) is 20.5. The number of nitrogens with zero attached hydrogens (tertiary/aromatic N) is 3. The lowest BCUT2D eigenvalue weighted by molar-refractivity contribution is 0.0918. The van der Waals surface area contributed by atoms with Crippen molar-refractivity contribution < 1.29 is 4.79 Å². The summed E-state index contributed by atoms with van der Waals surface area (Å²) >= 11 is 0. The Morgan fingerprint density at radius 1 is 1.37 bits per heavy atom. The zero-order valence-corrected chi connectivity index (χ0v) is 11.0. The lowest BCUT2D eigenvalue weighted by Gasteiger charge is -2.26. The Morgan fingerprint density at radius 3 is 2.89 bits per heavy atom. The first kappa shape index (κ1) is 12.1. The summed E-state index contributed by atoms with van der Waals surface area (Å²) in [6.07, 6.45) is 9.76. The monoisotopic (exact) mass is 258 g/mol. The van der Waals surface area contributed by atoms with Gasteiger partial charge in [-0.2, -0.15) is 0 Å². The SMILES string of the molecule is C[C@H]1CC[C@H](NC(=O)c2cn3cccnc3n2)CC1. The van der Waals surface area contributed by atoms with Crippen LogP contribution in [0.4, 0.5) is 0 Å². The van der Waals surface area contributed by atoms with Crippen LogP contribution in [-0.2, 0) is 0 Å². The van der Waals surface area contributed by atoms with Crippen LogP contribution in [0.15, 0.2) is 24.7 Å². The number of hydrogen-bond donors (Lipinski definition) is 1. The molecule has 1 aliphatic carbocycles.